The number of hydrogen-bond acceptors (Lipinski definition) is 3. The molecule has 1 heterocycles. The normalized spacial score (nSPS) is 19.9. The van der Waals surface area contributed by atoms with Gasteiger partial charge >= 0.3 is 0 Å². The lowest BCUT2D eigenvalue weighted by Crippen LogP contribution is -2.37. The molecule has 0 unspecified atom stereocenters. The monoisotopic (exact) mass is 335 g/mol. The van der Waals surface area contributed by atoms with Crippen LogP contribution in [0.25, 0.3) is 0 Å². The van der Waals surface area contributed by atoms with Gasteiger partial charge in [0, 0.05) is 12.6 Å². The van der Waals surface area contributed by atoms with E-state index in [2.05, 4.69) is 21.2 Å². The highest BCUT2D eigenvalue weighted by Crippen LogP contribution is 2.17. The van der Waals surface area contributed by atoms with Gasteiger partial charge in [0.2, 0.25) is 0 Å². The third-order valence-electron chi connectivity index (χ3n) is 3.13. The van der Waals surface area contributed by atoms with Crippen LogP contribution in [0.4, 0.5) is 4.39 Å². The topological polar surface area (TPSA) is 46.2 Å². The zero-order valence-corrected chi connectivity index (χ0v) is 12.2. The van der Waals surface area contributed by atoms with Crippen molar-refractivity contribution in [3.05, 3.63) is 34.1 Å². The number of rotatable bonds is 3. The molecular weight excluding hydrogens is 321 g/mol. The Morgan fingerprint density at radius 2 is 2.00 bits per heavy atom. The first-order valence-corrected chi connectivity index (χ1v) is 8.45. The first-order chi connectivity index (χ1) is 8.46. The van der Waals surface area contributed by atoms with E-state index in [1.54, 1.807) is 6.07 Å². The van der Waals surface area contributed by atoms with Gasteiger partial charge in [0.1, 0.15) is 15.7 Å². The zero-order chi connectivity index (χ0) is 13.2. The van der Waals surface area contributed by atoms with Gasteiger partial charge in [0.05, 0.1) is 16.0 Å². The van der Waals surface area contributed by atoms with E-state index >= 15 is 0 Å². The Balaban J connectivity index is 1.87. The standard InChI is InChI=1S/C12H15BrFNO2S/c13-11-2-1-9(7-12(11)14)8-15-10-3-5-18(16,17)6-4-10/h1-2,7,10,15H,3-6,8H2. The van der Waals surface area contributed by atoms with E-state index in [0.29, 0.717) is 23.9 Å². The molecule has 0 bridgehead atoms. The van der Waals surface area contributed by atoms with Crippen LogP contribution < -0.4 is 5.32 Å². The summed E-state index contributed by atoms with van der Waals surface area (Å²) in [5, 5.41) is 3.28. The van der Waals surface area contributed by atoms with Crippen LogP contribution in [0.3, 0.4) is 0 Å². The summed E-state index contributed by atoms with van der Waals surface area (Å²) in [7, 11) is -2.82. The summed E-state index contributed by atoms with van der Waals surface area (Å²) < 4.78 is 36.3. The van der Waals surface area contributed by atoms with E-state index in [4.69, 9.17) is 0 Å². The Morgan fingerprint density at radius 1 is 1.33 bits per heavy atom. The lowest BCUT2D eigenvalue weighted by atomic mass is 10.1. The quantitative estimate of drug-likeness (QED) is 0.921. The summed E-state index contributed by atoms with van der Waals surface area (Å²) in [4.78, 5) is 0. The minimum absolute atomic E-state index is 0.209. The minimum atomic E-state index is -2.82. The SMILES string of the molecule is O=S1(=O)CCC(NCc2ccc(Br)c(F)c2)CC1. The highest BCUT2D eigenvalue weighted by atomic mass is 79.9. The van der Waals surface area contributed by atoms with E-state index in [1.165, 1.54) is 6.07 Å². The third-order valence-corrected chi connectivity index (χ3v) is 5.49. The van der Waals surface area contributed by atoms with Crippen molar-refractivity contribution in [2.24, 2.45) is 0 Å². The fourth-order valence-corrected chi connectivity index (χ4v) is 3.74. The van der Waals surface area contributed by atoms with Crippen molar-refractivity contribution in [2.75, 3.05) is 11.5 Å². The molecule has 0 saturated carbocycles. The van der Waals surface area contributed by atoms with Crippen molar-refractivity contribution in [2.45, 2.75) is 25.4 Å². The molecular formula is C12H15BrFNO2S. The molecule has 1 aliphatic heterocycles. The fourth-order valence-electron chi connectivity index (χ4n) is 2.01. The average Bonchev–Trinajstić information content (AvgIpc) is 2.32. The molecule has 6 heteroatoms. The maximum Gasteiger partial charge on any atom is 0.150 e. The fraction of sp³-hybridized carbons (Fsp3) is 0.500. The van der Waals surface area contributed by atoms with Crippen LogP contribution in [0.2, 0.25) is 0 Å². The van der Waals surface area contributed by atoms with Gasteiger partial charge in [-0.15, -0.1) is 0 Å². The highest BCUT2D eigenvalue weighted by Gasteiger charge is 2.22. The molecule has 1 aromatic carbocycles. The summed E-state index contributed by atoms with van der Waals surface area (Å²) in [6.45, 7) is 0.564. The van der Waals surface area contributed by atoms with Crippen molar-refractivity contribution in [3.8, 4) is 0 Å². The van der Waals surface area contributed by atoms with E-state index in [-0.39, 0.29) is 23.4 Å². The summed E-state index contributed by atoms with van der Waals surface area (Å²) in [5.41, 5.74) is 0.865. The van der Waals surface area contributed by atoms with Crippen LogP contribution in [-0.2, 0) is 16.4 Å². The molecule has 18 heavy (non-hydrogen) atoms. The van der Waals surface area contributed by atoms with Gasteiger partial charge in [0.15, 0.2) is 0 Å². The van der Waals surface area contributed by atoms with Gasteiger partial charge in [0.25, 0.3) is 0 Å². The van der Waals surface area contributed by atoms with Crippen LogP contribution in [0, 0.1) is 5.82 Å². The van der Waals surface area contributed by atoms with Crippen molar-refractivity contribution in [3.63, 3.8) is 0 Å². The number of nitrogens with one attached hydrogen (secondary N) is 1. The Bertz CT molecular complexity index is 519. The number of sulfone groups is 1. The van der Waals surface area contributed by atoms with Crippen LogP contribution >= 0.6 is 15.9 Å². The Morgan fingerprint density at radius 3 is 2.61 bits per heavy atom. The van der Waals surface area contributed by atoms with Gasteiger partial charge in [-0.3, -0.25) is 0 Å². The van der Waals surface area contributed by atoms with E-state index in [1.807, 2.05) is 6.07 Å². The van der Waals surface area contributed by atoms with Gasteiger partial charge in [-0.2, -0.15) is 0 Å². The molecule has 100 valence electrons. The van der Waals surface area contributed by atoms with Crippen molar-refractivity contribution in [1.82, 2.24) is 5.32 Å². The second-order valence-electron chi connectivity index (χ2n) is 4.56. The summed E-state index contributed by atoms with van der Waals surface area (Å²) in [5.74, 6) is 0.221. The second kappa shape index (κ2) is 5.67. The summed E-state index contributed by atoms with van der Waals surface area (Å²) >= 11 is 3.11. The molecule has 0 amide bonds. The number of benzene rings is 1. The maximum atomic E-state index is 13.3. The van der Waals surface area contributed by atoms with Crippen molar-refractivity contribution < 1.29 is 12.8 Å². The molecule has 0 atom stereocenters. The van der Waals surface area contributed by atoms with Gasteiger partial charge < -0.3 is 5.32 Å². The number of hydrogen-bond donors (Lipinski definition) is 1. The first kappa shape index (κ1) is 14.0. The first-order valence-electron chi connectivity index (χ1n) is 5.84. The average molecular weight is 336 g/mol. The molecule has 1 N–H and O–H groups in total. The zero-order valence-electron chi connectivity index (χ0n) is 9.83. The maximum absolute atomic E-state index is 13.3. The molecule has 1 fully saturated rings. The van der Waals surface area contributed by atoms with Gasteiger partial charge in [-0.1, -0.05) is 6.07 Å². The smallest absolute Gasteiger partial charge is 0.150 e. The molecule has 1 aliphatic rings. The number of halogens is 2. The van der Waals surface area contributed by atoms with Gasteiger partial charge in [-0.25, -0.2) is 12.8 Å². The summed E-state index contributed by atoms with van der Waals surface area (Å²) in [6, 6.07) is 5.22. The Kier molecular flexibility index (Phi) is 4.40. The van der Waals surface area contributed by atoms with E-state index < -0.39 is 9.84 Å². The third kappa shape index (κ3) is 3.76. The van der Waals surface area contributed by atoms with E-state index in [9.17, 15) is 12.8 Å². The predicted molar refractivity (Wildman–Crippen MR) is 72.6 cm³/mol. The second-order valence-corrected chi connectivity index (χ2v) is 7.71. The largest absolute Gasteiger partial charge is 0.310 e. The minimum Gasteiger partial charge on any atom is -0.310 e. The van der Waals surface area contributed by atoms with Crippen LogP contribution in [-0.4, -0.2) is 26.0 Å². The lowest BCUT2D eigenvalue weighted by Gasteiger charge is -2.23. The van der Waals surface area contributed by atoms with Crippen LogP contribution in [0.15, 0.2) is 22.7 Å². The summed E-state index contributed by atoms with van der Waals surface area (Å²) in [6.07, 6.45) is 1.28. The van der Waals surface area contributed by atoms with Crippen LogP contribution in [0.5, 0.6) is 0 Å². The molecule has 2 rings (SSSR count). The molecule has 0 spiro atoms. The van der Waals surface area contributed by atoms with Gasteiger partial charge in [-0.05, 0) is 46.5 Å². The molecule has 1 saturated heterocycles. The molecule has 3 nitrogen and oxygen atoms in total. The van der Waals surface area contributed by atoms with Crippen molar-refractivity contribution >= 4 is 25.8 Å². The Labute approximate surface area is 115 Å². The van der Waals surface area contributed by atoms with E-state index in [0.717, 1.165) is 5.56 Å². The molecule has 0 aliphatic carbocycles. The van der Waals surface area contributed by atoms with Crippen molar-refractivity contribution in [1.29, 1.82) is 0 Å². The highest BCUT2D eigenvalue weighted by molar-refractivity contribution is 9.10. The molecule has 1 aromatic rings. The lowest BCUT2D eigenvalue weighted by molar-refractivity contribution is 0.462. The Hall–Kier alpha value is -0.460. The molecule has 0 radical (unpaired) electrons. The predicted octanol–water partition coefficient (Wildman–Crippen LogP) is 2.25. The molecule has 0 aromatic heterocycles. The van der Waals surface area contributed by atoms with Crippen LogP contribution in [0.1, 0.15) is 18.4 Å².